The summed E-state index contributed by atoms with van der Waals surface area (Å²) in [6, 6.07) is 0. The maximum Gasteiger partial charge on any atom is 0.214 e. The third-order valence-corrected chi connectivity index (χ3v) is 5.92. The molecular formula is C11H24N2O2S2. The van der Waals surface area contributed by atoms with Gasteiger partial charge < -0.3 is 5.32 Å². The number of nitrogens with one attached hydrogen (secondary N) is 1. The summed E-state index contributed by atoms with van der Waals surface area (Å²) in [5.41, 5.74) is 0. The monoisotopic (exact) mass is 280 g/mol. The summed E-state index contributed by atoms with van der Waals surface area (Å²) in [4.78, 5) is 0. The second-order valence-electron chi connectivity index (χ2n) is 4.64. The largest absolute Gasteiger partial charge is 0.317 e. The molecule has 0 bridgehead atoms. The van der Waals surface area contributed by atoms with Gasteiger partial charge in [0.25, 0.3) is 0 Å². The minimum atomic E-state index is -3.04. The van der Waals surface area contributed by atoms with Crippen LogP contribution in [0.4, 0.5) is 0 Å². The van der Waals surface area contributed by atoms with Gasteiger partial charge >= 0.3 is 0 Å². The van der Waals surface area contributed by atoms with Crippen molar-refractivity contribution in [3.63, 3.8) is 0 Å². The molecule has 0 saturated carbocycles. The molecule has 0 aromatic carbocycles. The highest BCUT2D eigenvalue weighted by atomic mass is 32.2. The van der Waals surface area contributed by atoms with E-state index in [4.69, 9.17) is 0 Å². The van der Waals surface area contributed by atoms with E-state index in [1.165, 1.54) is 4.31 Å². The standard InChI is InChI=1S/C11H24N2O2S2/c1-13(8-3-9-16-2)17(14,15)10-11-4-6-12-7-5-11/h11-12H,3-10H2,1-2H3. The van der Waals surface area contributed by atoms with Crippen LogP contribution in [0.5, 0.6) is 0 Å². The number of rotatable bonds is 7. The first-order valence-electron chi connectivity index (χ1n) is 6.20. The summed E-state index contributed by atoms with van der Waals surface area (Å²) < 4.78 is 25.7. The highest BCUT2D eigenvalue weighted by molar-refractivity contribution is 7.98. The highest BCUT2D eigenvalue weighted by Crippen LogP contribution is 2.16. The fraction of sp³-hybridized carbons (Fsp3) is 1.00. The summed E-state index contributed by atoms with van der Waals surface area (Å²) in [5, 5.41) is 3.26. The van der Waals surface area contributed by atoms with Crippen molar-refractivity contribution in [1.82, 2.24) is 9.62 Å². The van der Waals surface area contributed by atoms with Gasteiger partial charge in [0.05, 0.1) is 5.75 Å². The Labute approximate surface area is 110 Å². The number of nitrogens with zero attached hydrogens (tertiary/aromatic N) is 1. The van der Waals surface area contributed by atoms with E-state index in [0.29, 0.717) is 18.2 Å². The fourth-order valence-corrected chi connectivity index (χ4v) is 4.05. The molecule has 6 heteroatoms. The van der Waals surface area contributed by atoms with Crippen LogP contribution in [-0.2, 0) is 10.0 Å². The Kier molecular flexibility index (Phi) is 6.84. The van der Waals surface area contributed by atoms with Crippen molar-refractivity contribution in [2.24, 2.45) is 5.92 Å². The van der Waals surface area contributed by atoms with Gasteiger partial charge in [-0.25, -0.2) is 12.7 Å². The molecule has 1 aliphatic rings. The predicted molar refractivity (Wildman–Crippen MR) is 75.0 cm³/mol. The lowest BCUT2D eigenvalue weighted by molar-refractivity contribution is 0.389. The van der Waals surface area contributed by atoms with Crippen LogP contribution < -0.4 is 5.32 Å². The van der Waals surface area contributed by atoms with Gasteiger partial charge in [-0.15, -0.1) is 0 Å². The molecule has 0 amide bonds. The van der Waals surface area contributed by atoms with Crippen LogP contribution >= 0.6 is 11.8 Å². The molecule has 0 radical (unpaired) electrons. The van der Waals surface area contributed by atoms with E-state index in [-0.39, 0.29) is 0 Å². The van der Waals surface area contributed by atoms with Crippen molar-refractivity contribution in [2.75, 3.05) is 44.4 Å². The Morgan fingerprint density at radius 1 is 1.35 bits per heavy atom. The summed E-state index contributed by atoms with van der Waals surface area (Å²) in [6.07, 6.45) is 4.95. The normalized spacial score (nSPS) is 18.8. The molecule has 0 spiro atoms. The average molecular weight is 280 g/mol. The predicted octanol–water partition coefficient (Wildman–Crippen LogP) is 1.00. The first-order chi connectivity index (χ1) is 8.06. The molecule has 0 atom stereocenters. The van der Waals surface area contributed by atoms with Crippen LogP contribution in [0.25, 0.3) is 0 Å². The third kappa shape index (κ3) is 5.59. The zero-order chi connectivity index (χ0) is 12.7. The van der Waals surface area contributed by atoms with E-state index < -0.39 is 10.0 Å². The highest BCUT2D eigenvalue weighted by Gasteiger charge is 2.24. The molecule has 4 nitrogen and oxygen atoms in total. The SMILES string of the molecule is CSCCCN(C)S(=O)(=O)CC1CCNCC1. The lowest BCUT2D eigenvalue weighted by Crippen LogP contribution is -2.37. The first-order valence-corrected chi connectivity index (χ1v) is 9.20. The second kappa shape index (κ2) is 7.61. The van der Waals surface area contributed by atoms with E-state index in [0.717, 1.165) is 38.1 Å². The lowest BCUT2D eigenvalue weighted by atomic mass is 10.0. The van der Waals surface area contributed by atoms with Gasteiger partial charge in [-0.05, 0) is 50.3 Å². The van der Waals surface area contributed by atoms with Crippen LogP contribution in [0.1, 0.15) is 19.3 Å². The average Bonchev–Trinajstić information content (AvgIpc) is 2.30. The van der Waals surface area contributed by atoms with Gasteiger partial charge in [0.15, 0.2) is 0 Å². The van der Waals surface area contributed by atoms with Crippen molar-refractivity contribution in [3.05, 3.63) is 0 Å². The summed E-state index contributed by atoms with van der Waals surface area (Å²) in [7, 11) is -1.34. The van der Waals surface area contributed by atoms with Gasteiger partial charge in [-0.3, -0.25) is 0 Å². The number of sulfonamides is 1. The maximum absolute atomic E-state index is 12.1. The maximum atomic E-state index is 12.1. The summed E-state index contributed by atoms with van der Waals surface area (Å²) in [5.74, 6) is 1.68. The molecule has 0 unspecified atom stereocenters. The third-order valence-electron chi connectivity index (χ3n) is 3.20. The van der Waals surface area contributed by atoms with Gasteiger partial charge in [0.2, 0.25) is 10.0 Å². The molecular weight excluding hydrogens is 256 g/mol. The second-order valence-corrected chi connectivity index (χ2v) is 7.75. The Morgan fingerprint density at radius 2 is 2.00 bits per heavy atom. The Morgan fingerprint density at radius 3 is 2.59 bits per heavy atom. The van der Waals surface area contributed by atoms with Crippen LogP contribution in [0, 0.1) is 5.92 Å². The molecule has 1 N–H and O–H groups in total. The van der Waals surface area contributed by atoms with Crippen LogP contribution in [-0.4, -0.2) is 57.2 Å². The van der Waals surface area contributed by atoms with E-state index in [2.05, 4.69) is 5.32 Å². The van der Waals surface area contributed by atoms with Crippen molar-refractivity contribution < 1.29 is 8.42 Å². The number of hydrogen-bond donors (Lipinski definition) is 1. The van der Waals surface area contributed by atoms with E-state index in [1.54, 1.807) is 18.8 Å². The van der Waals surface area contributed by atoms with Gasteiger partial charge in [-0.1, -0.05) is 0 Å². The fourth-order valence-electron chi connectivity index (χ4n) is 2.04. The van der Waals surface area contributed by atoms with Gasteiger partial charge in [0.1, 0.15) is 0 Å². The molecule has 1 fully saturated rings. The minimum Gasteiger partial charge on any atom is -0.317 e. The molecule has 0 aromatic rings. The molecule has 1 saturated heterocycles. The van der Waals surface area contributed by atoms with Gasteiger partial charge in [-0.2, -0.15) is 11.8 Å². The molecule has 1 aliphatic heterocycles. The van der Waals surface area contributed by atoms with Crippen molar-refractivity contribution in [3.8, 4) is 0 Å². The minimum absolute atomic E-state index is 0.324. The summed E-state index contributed by atoms with van der Waals surface area (Å²) in [6.45, 7) is 2.56. The smallest absolute Gasteiger partial charge is 0.214 e. The van der Waals surface area contributed by atoms with Crippen LogP contribution in [0.2, 0.25) is 0 Å². The van der Waals surface area contributed by atoms with Gasteiger partial charge in [0, 0.05) is 13.6 Å². The summed E-state index contributed by atoms with van der Waals surface area (Å²) >= 11 is 1.76. The molecule has 102 valence electrons. The molecule has 0 aromatic heterocycles. The Balaban J connectivity index is 2.37. The molecule has 1 heterocycles. The quantitative estimate of drug-likeness (QED) is 0.707. The topological polar surface area (TPSA) is 49.4 Å². The van der Waals surface area contributed by atoms with E-state index >= 15 is 0 Å². The van der Waals surface area contributed by atoms with Crippen molar-refractivity contribution >= 4 is 21.8 Å². The zero-order valence-electron chi connectivity index (χ0n) is 10.8. The van der Waals surface area contributed by atoms with Crippen LogP contribution in [0.15, 0.2) is 0 Å². The Bertz CT molecular complexity index is 301. The lowest BCUT2D eigenvalue weighted by Gasteiger charge is -2.25. The van der Waals surface area contributed by atoms with E-state index in [1.807, 2.05) is 6.26 Å². The molecule has 1 rings (SSSR count). The Hall–Kier alpha value is 0.220. The van der Waals surface area contributed by atoms with Crippen molar-refractivity contribution in [1.29, 1.82) is 0 Å². The van der Waals surface area contributed by atoms with Crippen LogP contribution in [0.3, 0.4) is 0 Å². The molecule has 17 heavy (non-hydrogen) atoms. The van der Waals surface area contributed by atoms with E-state index in [9.17, 15) is 8.42 Å². The number of thioether (sulfide) groups is 1. The first kappa shape index (κ1) is 15.3. The number of piperidine rings is 1. The molecule has 0 aliphatic carbocycles. The zero-order valence-corrected chi connectivity index (χ0v) is 12.4. The van der Waals surface area contributed by atoms with Crippen molar-refractivity contribution in [2.45, 2.75) is 19.3 Å². The number of hydrogen-bond acceptors (Lipinski definition) is 4.